The van der Waals surface area contributed by atoms with Crippen LogP contribution in [0.4, 0.5) is 0 Å². The molecule has 115 heavy (non-hydrogen) atoms. The van der Waals surface area contributed by atoms with E-state index in [2.05, 4.69) is 0 Å². The summed E-state index contributed by atoms with van der Waals surface area (Å²) in [4.78, 5) is 121. The molecule has 29 heteroatoms. The number of rotatable bonds is 52. The van der Waals surface area contributed by atoms with Crippen LogP contribution in [0, 0.1) is 0 Å². The molecule has 0 N–H and O–H groups in total. The minimum Gasteiger partial charge on any atom is -0.382 e. The summed E-state index contributed by atoms with van der Waals surface area (Å²) in [5.74, 6) is -3.71. The molecule has 4 aliphatic rings. The van der Waals surface area contributed by atoms with Gasteiger partial charge in [0.05, 0.1) is 223 Å². The lowest BCUT2D eigenvalue weighted by Gasteiger charge is -2.34. The number of amides is 8. The Morgan fingerprint density at radius 3 is 0.557 bits per heavy atom. The monoisotopic (exact) mass is 1580 g/mol. The molecule has 0 saturated heterocycles. The first-order valence-electron chi connectivity index (χ1n) is 38.8. The third-order valence-electron chi connectivity index (χ3n) is 21.1. The van der Waals surface area contributed by atoms with Gasteiger partial charge in [0.2, 0.25) is 0 Å². The number of benzene rings is 10. The number of methoxy groups -OCH3 is 4. The van der Waals surface area contributed by atoms with Gasteiger partial charge in [-0.2, -0.15) is 0 Å². The first-order chi connectivity index (χ1) is 56.4. The van der Waals surface area contributed by atoms with Gasteiger partial charge in [0.25, 0.3) is 47.3 Å². The Hall–Kier alpha value is -9.32. The molecular weight excluding hydrogens is 1490 g/mol. The first-order valence-corrected chi connectivity index (χ1v) is 38.8. The second kappa shape index (κ2) is 39.1. The largest absolute Gasteiger partial charge is 0.382 e. The maximum atomic E-state index is 14.7. The van der Waals surface area contributed by atoms with Crippen LogP contribution >= 0.6 is 0 Å². The fourth-order valence-corrected chi connectivity index (χ4v) is 15.8. The predicted molar refractivity (Wildman–Crippen MR) is 423 cm³/mol. The molecule has 0 saturated carbocycles. The SMILES string of the molecule is COCCOCCOCC(COCCOCCOC)N1C(=O)c2ccc3c4ccc5c6c(ccc(c7ccc(c2c37)C1=O)c64)C(=O)N(CCOCCOCCOCCOCCOCCN1C(=O)c2ccc3c4ccc6c7c(ccc(c8ccc(c2c38)C1=O)c74)C(=O)N(C(COCCOCCOC)COCCOCCOC)C6=O)C5=O. The van der Waals surface area contributed by atoms with Gasteiger partial charge in [0.1, 0.15) is 0 Å². The van der Waals surface area contributed by atoms with Gasteiger partial charge in [-0.15, -0.1) is 0 Å². The van der Waals surface area contributed by atoms with E-state index in [9.17, 15) is 38.4 Å². The molecule has 8 amide bonds. The van der Waals surface area contributed by atoms with Crippen molar-refractivity contribution in [1.82, 2.24) is 19.6 Å². The molecule has 4 heterocycles. The van der Waals surface area contributed by atoms with Crippen molar-refractivity contribution in [2.75, 3.05) is 240 Å². The summed E-state index contributed by atoms with van der Waals surface area (Å²) in [6.45, 7) is 7.66. The average molecular weight is 1580 g/mol. The van der Waals surface area contributed by atoms with Crippen LogP contribution in [0.3, 0.4) is 0 Å². The molecule has 0 aromatic heterocycles. The number of nitrogens with zero attached hydrogens (tertiary/aromatic N) is 4. The summed E-state index contributed by atoms with van der Waals surface area (Å²) in [6, 6.07) is 27.3. The minimum atomic E-state index is -0.774. The summed E-state index contributed by atoms with van der Waals surface area (Å²) >= 11 is 0. The smallest absolute Gasteiger partial charge is 0.261 e. The van der Waals surface area contributed by atoms with E-state index < -0.39 is 59.3 Å². The lowest BCUT2D eigenvalue weighted by molar-refractivity contribution is -0.0222. The average Bonchev–Trinajstić information content (AvgIpc) is 0.694. The zero-order valence-electron chi connectivity index (χ0n) is 65.0. The van der Waals surface area contributed by atoms with Gasteiger partial charge in [-0.05, 0) is 113 Å². The molecule has 0 atom stereocenters. The van der Waals surface area contributed by atoms with E-state index in [0.29, 0.717) is 159 Å². The molecule has 29 nitrogen and oxygen atoms in total. The standard InChI is InChI=1S/C86H94N4O25/c1-99-25-29-105-41-45-112-49-53(50-113-46-42-106-30-26-100-2)89-83(95)67-17-9-59-55-5-13-63-75-64(14-6-56(71(55)75)60-10-18-68(84(89)96)77(67)73(59)60)80(92)87(79(63)91)21-23-103-33-35-109-37-39-111-40-38-110-36-34-104-24-22-88-81(93)65-15-7-57-61-11-19-69-78-70(20-12-62(74(61)78)58-8-16-66(82(88)94)76(65)72(57)58)86(98)90(85(69)97)54(51-114-47-43-107-31-27-101-3)52-115-48-44-108-32-28-102-4/h5-20,53-54H,21-52H2,1-4H3. The lowest BCUT2D eigenvalue weighted by atomic mass is 9.82. The summed E-state index contributed by atoms with van der Waals surface area (Å²) in [6.07, 6.45) is 0. The van der Waals surface area contributed by atoms with Crippen molar-refractivity contribution in [3.63, 3.8) is 0 Å². The molecule has 4 aliphatic heterocycles. The fraction of sp³-hybridized carbons (Fsp3) is 0.442. The van der Waals surface area contributed by atoms with Crippen LogP contribution in [0.15, 0.2) is 97.1 Å². The van der Waals surface area contributed by atoms with E-state index >= 15 is 0 Å². The van der Waals surface area contributed by atoms with E-state index in [-0.39, 0.29) is 119 Å². The Morgan fingerprint density at radius 1 is 0.200 bits per heavy atom. The van der Waals surface area contributed by atoms with Gasteiger partial charge in [-0.3, -0.25) is 58.0 Å². The Bertz CT molecular complexity index is 4610. The van der Waals surface area contributed by atoms with Crippen LogP contribution in [0.2, 0.25) is 0 Å². The highest BCUT2D eigenvalue weighted by atomic mass is 16.6. The molecule has 0 bridgehead atoms. The maximum Gasteiger partial charge on any atom is 0.261 e. The Balaban J connectivity index is 0.511. The molecule has 0 radical (unpaired) electrons. The van der Waals surface area contributed by atoms with Crippen molar-refractivity contribution in [2.45, 2.75) is 12.1 Å². The zero-order valence-corrected chi connectivity index (χ0v) is 65.0. The number of carbonyl (C=O) groups excluding carboxylic acids is 8. The molecule has 0 spiro atoms. The lowest BCUT2D eigenvalue weighted by Crippen LogP contribution is -2.51. The van der Waals surface area contributed by atoms with Crippen molar-refractivity contribution in [2.24, 2.45) is 0 Å². The number of carbonyl (C=O) groups is 8. The molecule has 0 unspecified atom stereocenters. The molecule has 608 valence electrons. The highest BCUT2D eigenvalue weighted by Gasteiger charge is 2.43. The minimum absolute atomic E-state index is 0.00739. The molecule has 10 aromatic rings. The van der Waals surface area contributed by atoms with Gasteiger partial charge in [0.15, 0.2) is 0 Å². The Kier molecular flexibility index (Phi) is 27.9. The van der Waals surface area contributed by atoms with Crippen molar-refractivity contribution in [1.29, 1.82) is 0 Å². The van der Waals surface area contributed by atoms with Gasteiger partial charge in [-0.25, -0.2) is 0 Å². The summed E-state index contributed by atoms with van der Waals surface area (Å²) in [5.41, 5.74) is 2.92. The van der Waals surface area contributed by atoms with E-state index in [4.69, 9.17) is 80.5 Å². The Labute approximate surface area is 662 Å². The molecule has 0 aliphatic carbocycles. The third kappa shape index (κ3) is 17.0. The zero-order chi connectivity index (χ0) is 79.9. The molecule has 10 aromatic carbocycles. The predicted octanol–water partition coefficient (Wildman–Crippen LogP) is 8.41. The topological polar surface area (TPSA) is 306 Å². The number of hydrogen-bond donors (Lipinski definition) is 0. The molecule has 0 fully saturated rings. The Morgan fingerprint density at radius 2 is 0.365 bits per heavy atom. The highest BCUT2D eigenvalue weighted by Crippen LogP contribution is 2.49. The second-order valence-electron chi connectivity index (χ2n) is 27.9. The first kappa shape index (κ1) is 82.2. The summed E-state index contributed by atoms with van der Waals surface area (Å²) < 4.78 is 95.2. The molecule has 14 rings (SSSR count). The van der Waals surface area contributed by atoms with Crippen molar-refractivity contribution in [3.05, 3.63) is 142 Å². The van der Waals surface area contributed by atoms with Crippen molar-refractivity contribution < 1.29 is 119 Å². The van der Waals surface area contributed by atoms with Crippen LogP contribution in [0.5, 0.6) is 0 Å². The van der Waals surface area contributed by atoms with Crippen LogP contribution in [-0.4, -0.2) is 319 Å². The van der Waals surface area contributed by atoms with Crippen LogP contribution in [-0.2, 0) is 80.5 Å². The van der Waals surface area contributed by atoms with Gasteiger partial charge in [-0.1, -0.05) is 48.5 Å². The van der Waals surface area contributed by atoms with Crippen LogP contribution in [0.25, 0.3) is 86.2 Å². The number of ether oxygens (including phenoxy) is 17. The highest BCUT2D eigenvalue weighted by molar-refractivity contribution is 6.43. The number of imide groups is 4. The third-order valence-corrected chi connectivity index (χ3v) is 21.1. The number of hydrogen-bond acceptors (Lipinski definition) is 25. The van der Waals surface area contributed by atoms with E-state index in [1.54, 1.807) is 77.0 Å². The number of fused-ring (bicyclic) bond motifs is 4. The van der Waals surface area contributed by atoms with E-state index in [1.807, 2.05) is 48.5 Å². The quantitative estimate of drug-likeness (QED) is 0.0149. The normalized spacial score (nSPS) is 14.5. The van der Waals surface area contributed by atoms with Crippen LogP contribution < -0.4 is 0 Å². The fourth-order valence-electron chi connectivity index (χ4n) is 15.8. The van der Waals surface area contributed by atoms with Crippen LogP contribution in [0.1, 0.15) is 82.9 Å². The second-order valence-corrected chi connectivity index (χ2v) is 27.9. The van der Waals surface area contributed by atoms with Gasteiger partial charge < -0.3 is 80.5 Å². The van der Waals surface area contributed by atoms with Gasteiger partial charge >= 0.3 is 0 Å². The van der Waals surface area contributed by atoms with E-state index in [0.717, 1.165) is 64.6 Å². The van der Waals surface area contributed by atoms with Gasteiger partial charge in [0, 0.05) is 94.5 Å². The molecular formula is C86H94N4O25. The van der Waals surface area contributed by atoms with E-state index in [1.165, 1.54) is 19.6 Å². The maximum absolute atomic E-state index is 14.7. The van der Waals surface area contributed by atoms with Crippen molar-refractivity contribution >= 4 is 133 Å². The van der Waals surface area contributed by atoms with Crippen molar-refractivity contribution in [3.8, 4) is 0 Å². The summed E-state index contributed by atoms with van der Waals surface area (Å²) in [5, 5.41) is 11.2. The summed E-state index contributed by atoms with van der Waals surface area (Å²) in [7, 11) is 6.36.